The standard InChI is InChI=1S/C11H16N2S/c1-7(2)10-9-5-6-13(8(3)4)11(9)14-12-10/h5-8H,1-4H3. The SMILES string of the molecule is CC(C)c1nsc2c1ccn2C(C)C. The number of aromatic nitrogens is 2. The summed E-state index contributed by atoms with van der Waals surface area (Å²) in [6.45, 7) is 8.80. The van der Waals surface area contributed by atoms with Crippen LogP contribution in [0.4, 0.5) is 0 Å². The average Bonchev–Trinajstić information content (AvgIpc) is 2.59. The highest BCUT2D eigenvalue weighted by molar-refractivity contribution is 7.13. The van der Waals surface area contributed by atoms with E-state index in [1.165, 1.54) is 15.9 Å². The lowest BCUT2D eigenvalue weighted by Gasteiger charge is -2.05. The molecule has 0 unspecified atom stereocenters. The van der Waals surface area contributed by atoms with Gasteiger partial charge in [-0.15, -0.1) is 0 Å². The third kappa shape index (κ3) is 1.36. The van der Waals surface area contributed by atoms with Crippen molar-refractivity contribution in [1.82, 2.24) is 8.94 Å². The van der Waals surface area contributed by atoms with Crippen LogP contribution >= 0.6 is 11.5 Å². The molecule has 3 heteroatoms. The van der Waals surface area contributed by atoms with Crippen molar-refractivity contribution in [2.45, 2.75) is 39.7 Å². The smallest absolute Gasteiger partial charge is 0.123 e. The van der Waals surface area contributed by atoms with Crippen molar-refractivity contribution in [2.24, 2.45) is 0 Å². The lowest BCUT2D eigenvalue weighted by atomic mass is 10.1. The molecule has 76 valence electrons. The molecule has 2 aromatic rings. The van der Waals surface area contributed by atoms with Crippen LogP contribution in [0.25, 0.3) is 10.2 Å². The van der Waals surface area contributed by atoms with E-state index in [0.717, 1.165) is 0 Å². The third-order valence-electron chi connectivity index (χ3n) is 2.48. The molecule has 0 atom stereocenters. The summed E-state index contributed by atoms with van der Waals surface area (Å²) in [4.78, 5) is 1.31. The van der Waals surface area contributed by atoms with E-state index in [2.05, 4.69) is 48.9 Å². The molecule has 2 rings (SSSR count). The van der Waals surface area contributed by atoms with E-state index in [0.29, 0.717) is 12.0 Å². The predicted octanol–water partition coefficient (Wildman–Crippen LogP) is 3.80. The largest absolute Gasteiger partial charge is 0.336 e. The van der Waals surface area contributed by atoms with Crippen molar-refractivity contribution in [1.29, 1.82) is 0 Å². The average molecular weight is 208 g/mol. The summed E-state index contributed by atoms with van der Waals surface area (Å²) in [5, 5.41) is 1.33. The lowest BCUT2D eigenvalue weighted by Crippen LogP contribution is -1.96. The van der Waals surface area contributed by atoms with Gasteiger partial charge in [0.05, 0.1) is 5.69 Å². The lowest BCUT2D eigenvalue weighted by molar-refractivity contribution is 0.626. The molecule has 0 radical (unpaired) electrons. The van der Waals surface area contributed by atoms with E-state index >= 15 is 0 Å². The Morgan fingerprint density at radius 1 is 1.29 bits per heavy atom. The minimum absolute atomic E-state index is 0.520. The minimum Gasteiger partial charge on any atom is -0.336 e. The molecular weight excluding hydrogens is 192 g/mol. The van der Waals surface area contributed by atoms with Crippen molar-refractivity contribution in [3.8, 4) is 0 Å². The molecule has 2 aromatic heterocycles. The number of nitrogens with zero attached hydrogens (tertiary/aromatic N) is 2. The Balaban J connectivity index is 2.61. The van der Waals surface area contributed by atoms with E-state index in [9.17, 15) is 0 Å². The molecule has 0 saturated heterocycles. The van der Waals surface area contributed by atoms with Crippen LogP contribution in [-0.2, 0) is 0 Å². The molecule has 14 heavy (non-hydrogen) atoms. The van der Waals surface area contributed by atoms with Crippen molar-refractivity contribution >= 4 is 21.7 Å². The second kappa shape index (κ2) is 3.39. The minimum atomic E-state index is 0.520. The highest BCUT2D eigenvalue weighted by Gasteiger charge is 2.13. The number of hydrogen-bond donors (Lipinski definition) is 0. The molecule has 2 heterocycles. The van der Waals surface area contributed by atoms with Gasteiger partial charge in [0.15, 0.2) is 0 Å². The van der Waals surface area contributed by atoms with Crippen LogP contribution in [0.2, 0.25) is 0 Å². The third-order valence-corrected chi connectivity index (χ3v) is 3.37. The Morgan fingerprint density at radius 3 is 2.57 bits per heavy atom. The Hall–Kier alpha value is -0.830. The summed E-state index contributed by atoms with van der Waals surface area (Å²) in [5.74, 6) is 0.520. The number of fused-ring (bicyclic) bond motifs is 1. The monoisotopic (exact) mass is 208 g/mol. The predicted molar refractivity (Wildman–Crippen MR) is 62.1 cm³/mol. The first-order chi connectivity index (χ1) is 6.61. The van der Waals surface area contributed by atoms with Gasteiger partial charge >= 0.3 is 0 Å². The zero-order valence-corrected chi connectivity index (χ0v) is 9.93. The molecule has 0 aromatic carbocycles. The quantitative estimate of drug-likeness (QED) is 0.734. The fourth-order valence-corrected chi connectivity index (χ4v) is 2.82. The fourth-order valence-electron chi connectivity index (χ4n) is 1.69. The van der Waals surface area contributed by atoms with Gasteiger partial charge in [0, 0.05) is 17.6 Å². The van der Waals surface area contributed by atoms with Crippen molar-refractivity contribution in [2.75, 3.05) is 0 Å². The van der Waals surface area contributed by atoms with Crippen LogP contribution in [0.1, 0.15) is 45.3 Å². The van der Waals surface area contributed by atoms with Crippen LogP contribution < -0.4 is 0 Å². The summed E-state index contributed by atoms with van der Waals surface area (Å²) in [5.41, 5.74) is 1.24. The van der Waals surface area contributed by atoms with Gasteiger partial charge in [-0.25, -0.2) is 0 Å². The molecule has 0 aliphatic carbocycles. The van der Waals surface area contributed by atoms with Crippen LogP contribution in [0.15, 0.2) is 12.3 Å². The fraction of sp³-hybridized carbons (Fsp3) is 0.545. The van der Waals surface area contributed by atoms with Crippen molar-refractivity contribution in [3.63, 3.8) is 0 Å². The van der Waals surface area contributed by atoms with Crippen LogP contribution in [-0.4, -0.2) is 8.94 Å². The zero-order chi connectivity index (χ0) is 10.3. The van der Waals surface area contributed by atoms with Gasteiger partial charge in [0.1, 0.15) is 4.83 Å². The first kappa shape index (κ1) is 9.71. The Bertz CT molecular complexity index is 395. The van der Waals surface area contributed by atoms with E-state index in [1.54, 1.807) is 11.5 Å². The number of hydrogen-bond acceptors (Lipinski definition) is 2. The van der Waals surface area contributed by atoms with Gasteiger partial charge in [-0.1, -0.05) is 13.8 Å². The Morgan fingerprint density at radius 2 is 2.00 bits per heavy atom. The molecule has 0 aliphatic rings. The summed E-state index contributed by atoms with van der Waals surface area (Å²) < 4.78 is 6.81. The molecule has 0 N–H and O–H groups in total. The van der Waals surface area contributed by atoms with Crippen molar-refractivity contribution < 1.29 is 0 Å². The van der Waals surface area contributed by atoms with E-state index in [1.807, 2.05) is 0 Å². The summed E-state index contributed by atoms with van der Waals surface area (Å²) in [7, 11) is 0. The molecule has 0 amide bonds. The maximum atomic E-state index is 4.52. The summed E-state index contributed by atoms with van der Waals surface area (Å²) in [6.07, 6.45) is 2.17. The second-order valence-electron chi connectivity index (χ2n) is 4.26. The molecule has 0 spiro atoms. The molecule has 2 nitrogen and oxygen atoms in total. The van der Waals surface area contributed by atoms with Gasteiger partial charge < -0.3 is 4.57 Å². The van der Waals surface area contributed by atoms with Gasteiger partial charge in [-0.3, -0.25) is 0 Å². The number of rotatable bonds is 2. The van der Waals surface area contributed by atoms with Gasteiger partial charge in [0.25, 0.3) is 0 Å². The molecule has 0 saturated carbocycles. The molecular formula is C11H16N2S. The Kier molecular flexibility index (Phi) is 2.35. The molecule has 0 bridgehead atoms. The first-order valence-electron chi connectivity index (χ1n) is 5.07. The highest BCUT2D eigenvalue weighted by atomic mass is 32.1. The Labute approximate surface area is 88.7 Å². The maximum Gasteiger partial charge on any atom is 0.123 e. The first-order valence-corrected chi connectivity index (χ1v) is 5.84. The normalized spacial score (nSPS) is 12.1. The highest BCUT2D eigenvalue weighted by Crippen LogP contribution is 2.30. The second-order valence-corrected chi connectivity index (χ2v) is 5.01. The van der Waals surface area contributed by atoms with Crippen LogP contribution in [0.3, 0.4) is 0 Å². The topological polar surface area (TPSA) is 17.8 Å². The van der Waals surface area contributed by atoms with E-state index in [4.69, 9.17) is 0 Å². The van der Waals surface area contributed by atoms with Gasteiger partial charge in [-0.2, -0.15) is 4.37 Å². The van der Waals surface area contributed by atoms with E-state index in [-0.39, 0.29) is 0 Å². The van der Waals surface area contributed by atoms with Gasteiger partial charge in [0.2, 0.25) is 0 Å². The molecule has 0 aliphatic heterocycles. The summed E-state index contributed by atoms with van der Waals surface area (Å²) in [6, 6.07) is 2.71. The van der Waals surface area contributed by atoms with Crippen LogP contribution in [0, 0.1) is 0 Å². The van der Waals surface area contributed by atoms with E-state index < -0.39 is 0 Å². The van der Waals surface area contributed by atoms with Gasteiger partial charge in [-0.05, 0) is 37.4 Å². The summed E-state index contributed by atoms with van der Waals surface area (Å²) >= 11 is 1.62. The molecule has 0 fully saturated rings. The van der Waals surface area contributed by atoms with Crippen LogP contribution in [0.5, 0.6) is 0 Å². The zero-order valence-electron chi connectivity index (χ0n) is 9.11. The van der Waals surface area contributed by atoms with Crippen molar-refractivity contribution in [3.05, 3.63) is 18.0 Å². The maximum absolute atomic E-state index is 4.52.